The van der Waals surface area contributed by atoms with E-state index in [1.54, 1.807) is 6.08 Å². The Kier molecular flexibility index (Phi) is 7.90. The Hall–Kier alpha value is -1.34. The van der Waals surface area contributed by atoms with Gasteiger partial charge in [-0.15, -0.1) is 5.73 Å². The zero-order valence-corrected chi connectivity index (χ0v) is 11.0. The van der Waals surface area contributed by atoms with E-state index in [-0.39, 0.29) is 0 Å². The van der Waals surface area contributed by atoms with Crippen LogP contribution in [-0.2, 0) is 11.3 Å². The number of ether oxygens (including phenoxy) is 1. The average molecular weight is 246 g/mol. The Morgan fingerprint density at radius 3 is 2.83 bits per heavy atom. The molecule has 1 aromatic rings. The normalized spacial score (nSPS) is 11.7. The standard InChI is InChI=1S/C16H22O2/c1-2-3-4-5-9-12-16(17)14-18-13-15-10-7-6-8-11-15/h5-8,10-12,16-17H,2-4,13-14H2,1H3/t9?,16-/m0/s1. The molecule has 0 amide bonds. The molecule has 0 aromatic heterocycles. The van der Waals surface area contributed by atoms with Crippen LogP contribution in [0.15, 0.2) is 48.2 Å². The highest BCUT2D eigenvalue weighted by atomic mass is 16.5. The van der Waals surface area contributed by atoms with E-state index in [4.69, 9.17) is 4.74 Å². The van der Waals surface area contributed by atoms with Crippen LogP contribution in [0.5, 0.6) is 0 Å². The molecule has 1 N–H and O–H groups in total. The third-order valence-corrected chi connectivity index (χ3v) is 2.51. The molecule has 0 saturated carbocycles. The van der Waals surface area contributed by atoms with Gasteiger partial charge in [-0.05, 0) is 30.6 Å². The first-order chi connectivity index (χ1) is 8.83. The van der Waals surface area contributed by atoms with Gasteiger partial charge in [-0.2, -0.15) is 0 Å². The zero-order chi connectivity index (χ0) is 13.1. The molecule has 0 bridgehead atoms. The van der Waals surface area contributed by atoms with Gasteiger partial charge in [0.15, 0.2) is 0 Å². The highest BCUT2D eigenvalue weighted by molar-refractivity contribution is 5.13. The summed E-state index contributed by atoms with van der Waals surface area (Å²) in [5.74, 6) is 0. The van der Waals surface area contributed by atoms with Crippen molar-refractivity contribution in [2.75, 3.05) is 6.61 Å². The fourth-order valence-corrected chi connectivity index (χ4v) is 1.49. The van der Waals surface area contributed by atoms with Gasteiger partial charge in [0.25, 0.3) is 0 Å². The quantitative estimate of drug-likeness (QED) is 0.562. The number of hydrogen-bond acceptors (Lipinski definition) is 2. The molecular weight excluding hydrogens is 224 g/mol. The average Bonchev–Trinajstić information content (AvgIpc) is 2.40. The number of benzene rings is 1. The third kappa shape index (κ3) is 7.08. The lowest BCUT2D eigenvalue weighted by molar-refractivity contribution is 0.0504. The summed E-state index contributed by atoms with van der Waals surface area (Å²) < 4.78 is 5.42. The van der Waals surface area contributed by atoms with Crippen LogP contribution in [0.2, 0.25) is 0 Å². The number of aliphatic hydroxyl groups is 1. The molecule has 0 radical (unpaired) electrons. The van der Waals surface area contributed by atoms with Crippen LogP contribution in [-0.4, -0.2) is 17.8 Å². The van der Waals surface area contributed by atoms with Crippen molar-refractivity contribution in [3.05, 3.63) is 53.8 Å². The number of hydrogen-bond donors (Lipinski definition) is 1. The highest BCUT2D eigenvalue weighted by Gasteiger charge is 1.98. The smallest absolute Gasteiger partial charge is 0.103 e. The van der Waals surface area contributed by atoms with Gasteiger partial charge in [-0.25, -0.2) is 0 Å². The monoisotopic (exact) mass is 246 g/mol. The van der Waals surface area contributed by atoms with Crippen molar-refractivity contribution in [2.24, 2.45) is 0 Å². The van der Waals surface area contributed by atoms with Crippen molar-refractivity contribution in [2.45, 2.75) is 38.9 Å². The summed E-state index contributed by atoms with van der Waals surface area (Å²) >= 11 is 0. The van der Waals surface area contributed by atoms with Crippen LogP contribution < -0.4 is 0 Å². The molecule has 0 fully saturated rings. The summed E-state index contributed by atoms with van der Waals surface area (Å²) in [5, 5.41) is 9.62. The maximum Gasteiger partial charge on any atom is 0.103 e. The minimum absolute atomic E-state index is 0.309. The summed E-state index contributed by atoms with van der Waals surface area (Å²) in [6.07, 6.45) is 6.41. The van der Waals surface area contributed by atoms with E-state index in [1.807, 2.05) is 36.4 Å². The van der Waals surface area contributed by atoms with Crippen molar-refractivity contribution in [3.63, 3.8) is 0 Å². The number of rotatable bonds is 8. The van der Waals surface area contributed by atoms with Gasteiger partial charge in [0.05, 0.1) is 13.2 Å². The Labute approximate surface area is 110 Å². The minimum Gasteiger partial charge on any atom is -0.386 e. The zero-order valence-electron chi connectivity index (χ0n) is 11.0. The first kappa shape index (κ1) is 14.7. The van der Waals surface area contributed by atoms with E-state index in [0.717, 1.165) is 12.0 Å². The molecule has 0 saturated heterocycles. The first-order valence-electron chi connectivity index (χ1n) is 6.53. The number of unbranched alkanes of at least 4 members (excludes halogenated alkanes) is 2. The Bertz CT molecular complexity index is 364. The molecule has 2 nitrogen and oxygen atoms in total. The molecule has 0 spiro atoms. The topological polar surface area (TPSA) is 29.5 Å². The van der Waals surface area contributed by atoms with Gasteiger partial charge in [-0.3, -0.25) is 0 Å². The van der Waals surface area contributed by atoms with E-state index in [1.165, 1.54) is 12.8 Å². The first-order valence-corrected chi connectivity index (χ1v) is 6.53. The van der Waals surface area contributed by atoms with Crippen molar-refractivity contribution in [1.82, 2.24) is 0 Å². The molecule has 0 heterocycles. The van der Waals surface area contributed by atoms with E-state index >= 15 is 0 Å². The Morgan fingerprint density at radius 2 is 2.11 bits per heavy atom. The molecular formula is C16H22O2. The van der Waals surface area contributed by atoms with Crippen LogP contribution in [0.4, 0.5) is 0 Å². The predicted molar refractivity (Wildman–Crippen MR) is 74.3 cm³/mol. The lowest BCUT2D eigenvalue weighted by Crippen LogP contribution is -2.11. The molecule has 98 valence electrons. The van der Waals surface area contributed by atoms with E-state index in [9.17, 15) is 5.11 Å². The van der Waals surface area contributed by atoms with Crippen LogP contribution >= 0.6 is 0 Å². The maximum absolute atomic E-state index is 9.62. The molecule has 1 atom stereocenters. The van der Waals surface area contributed by atoms with Gasteiger partial charge >= 0.3 is 0 Å². The highest BCUT2D eigenvalue weighted by Crippen LogP contribution is 2.01. The third-order valence-electron chi connectivity index (χ3n) is 2.51. The molecule has 0 aliphatic rings. The van der Waals surface area contributed by atoms with Crippen LogP contribution in [0.25, 0.3) is 0 Å². The SMILES string of the molecule is CCCCC=C=C[C@H](O)COCc1ccccc1. The maximum atomic E-state index is 9.62. The largest absolute Gasteiger partial charge is 0.386 e. The molecule has 1 rings (SSSR count). The van der Waals surface area contributed by atoms with E-state index in [2.05, 4.69) is 12.7 Å². The second-order valence-corrected chi connectivity index (χ2v) is 4.25. The lowest BCUT2D eigenvalue weighted by Gasteiger charge is -2.06. The molecule has 0 aliphatic carbocycles. The predicted octanol–water partition coefficient (Wildman–Crippen LogP) is 3.47. The summed E-state index contributed by atoms with van der Waals surface area (Å²) in [7, 11) is 0. The minimum atomic E-state index is -0.577. The van der Waals surface area contributed by atoms with E-state index < -0.39 is 6.10 Å². The molecule has 1 aromatic carbocycles. The van der Waals surface area contributed by atoms with Crippen LogP contribution in [0.3, 0.4) is 0 Å². The Morgan fingerprint density at radius 1 is 1.33 bits per heavy atom. The molecule has 0 aliphatic heterocycles. The van der Waals surface area contributed by atoms with Crippen LogP contribution in [0, 0.1) is 0 Å². The molecule has 18 heavy (non-hydrogen) atoms. The van der Waals surface area contributed by atoms with Gasteiger partial charge < -0.3 is 9.84 Å². The second kappa shape index (κ2) is 9.67. The van der Waals surface area contributed by atoms with Gasteiger partial charge in [0.1, 0.15) is 6.10 Å². The summed E-state index contributed by atoms with van der Waals surface area (Å²) in [6, 6.07) is 9.94. The second-order valence-electron chi connectivity index (χ2n) is 4.25. The fraction of sp³-hybridized carbons (Fsp3) is 0.438. The van der Waals surface area contributed by atoms with Crippen molar-refractivity contribution >= 4 is 0 Å². The molecule has 2 heteroatoms. The van der Waals surface area contributed by atoms with Gasteiger partial charge in [-0.1, -0.05) is 43.7 Å². The van der Waals surface area contributed by atoms with Crippen LogP contribution in [0.1, 0.15) is 31.7 Å². The van der Waals surface area contributed by atoms with Crippen molar-refractivity contribution < 1.29 is 9.84 Å². The number of aliphatic hydroxyl groups excluding tert-OH is 1. The van der Waals surface area contributed by atoms with Gasteiger partial charge in [0.2, 0.25) is 0 Å². The summed E-state index contributed by atoms with van der Waals surface area (Å²) in [4.78, 5) is 0. The van der Waals surface area contributed by atoms with Gasteiger partial charge in [0, 0.05) is 0 Å². The van der Waals surface area contributed by atoms with Crippen molar-refractivity contribution in [1.29, 1.82) is 0 Å². The fourth-order valence-electron chi connectivity index (χ4n) is 1.49. The lowest BCUT2D eigenvalue weighted by atomic mass is 10.2. The molecule has 0 unspecified atom stereocenters. The van der Waals surface area contributed by atoms with E-state index in [0.29, 0.717) is 13.2 Å². The summed E-state index contributed by atoms with van der Waals surface area (Å²) in [5.41, 5.74) is 4.11. The Balaban J connectivity index is 2.17. The summed E-state index contributed by atoms with van der Waals surface area (Å²) in [6.45, 7) is 3.00. The van der Waals surface area contributed by atoms with Crippen molar-refractivity contribution in [3.8, 4) is 0 Å².